The Morgan fingerprint density at radius 2 is 1.17 bits per heavy atom. The first-order valence-electron chi connectivity index (χ1n) is 9.50. The maximum Gasteiger partial charge on any atom is 1.00 e. The molecule has 0 fully saturated rings. The largest absolute Gasteiger partial charge is 1.00 e. The van der Waals surface area contributed by atoms with Gasteiger partial charge in [0.15, 0.2) is 0 Å². The standard InChI is InChI=1S/C18H38O4S.Na/c1-3-4-5-6-7-8-9-12-15-18(23(20,21)22)16-13-10-11-14-17(2)19;/h17-19H,3-16H2,1-2H3,(H,20,21,22);/q;+1/p-1. The fourth-order valence-corrected chi connectivity index (χ4v) is 3.84. The SMILES string of the molecule is CCCCCCCCCCC(CCCCCC(C)O)S(=O)(=O)[O-].[Na+]. The summed E-state index contributed by atoms with van der Waals surface area (Å²) in [4.78, 5) is 0. The summed E-state index contributed by atoms with van der Waals surface area (Å²) in [6.45, 7) is 3.96. The maximum atomic E-state index is 11.3. The number of aliphatic hydroxyl groups is 1. The van der Waals surface area contributed by atoms with E-state index in [2.05, 4.69) is 6.92 Å². The minimum Gasteiger partial charge on any atom is -0.748 e. The van der Waals surface area contributed by atoms with Crippen LogP contribution in [0.4, 0.5) is 0 Å². The van der Waals surface area contributed by atoms with Crippen molar-refractivity contribution in [1.82, 2.24) is 0 Å². The van der Waals surface area contributed by atoms with Gasteiger partial charge in [-0.1, -0.05) is 77.6 Å². The number of hydrogen-bond donors (Lipinski definition) is 1. The van der Waals surface area contributed by atoms with Gasteiger partial charge in [0.05, 0.1) is 16.2 Å². The zero-order valence-electron chi connectivity index (χ0n) is 16.1. The fraction of sp³-hybridized carbons (Fsp3) is 1.00. The predicted molar refractivity (Wildman–Crippen MR) is 95.5 cm³/mol. The van der Waals surface area contributed by atoms with Crippen LogP contribution in [0.5, 0.6) is 0 Å². The molecule has 4 nitrogen and oxygen atoms in total. The summed E-state index contributed by atoms with van der Waals surface area (Å²) in [7, 11) is -4.17. The molecule has 0 bridgehead atoms. The van der Waals surface area contributed by atoms with Crippen molar-refractivity contribution in [2.24, 2.45) is 0 Å². The van der Waals surface area contributed by atoms with Crippen LogP contribution in [0.1, 0.15) is 104 Å². The molecule has 6 heteroatoms. The van der Waals surface area contributed by atoms with Gasteiger partial charge in [0, 0.05) is 5.25 Å². The third-order valence-electron chi connectivity index (χ3n) is 4.44. The van der Waals surface area contributed by atoms with Crippen LogP contribution in [0.3, 0.4) is 0 Å². The van der Waals surface area contributed by atoms with Gasteiger partial charge in [-0.05, 0) is 26.2 Å². The van der Waals surface area contributed by atoms with Gasteiger partial charge in [0.1, 0.15) is 0 Å². The molecule has 0 heterocycles. The van der Waals surface area contributed by atoms with Crippen LogP contribution in [0.25, 0.3) is 0 Å². The van der Waals surface area contributed by atoms with Gasteiger partial charge < -0.3 is 9.66 Å². The molecule has 0 spiro atoms. The molecule has 0 aliphatic carbocycles. The fourth-order valence-electron chi connectivity index (χ4n) is 2.93. The van der Waals surface area contributed by atoms with Gasteiger partial charge in [-0.25, -0.2) is 8.42 Å². The smallest absolute Gasteiger partial charge is 0.748 e. The molecule has 0 saturated heterocycles. The Hall–Kier alpha value is 0.870. The molecule has 0 aromatic heterocycles. The summed E-state index contributed by atoms with van der Waals surface area (Å²) >= 11 is 0. The Balaban J connectivity index is 0. The summed E-state index contributed by atoms with van der Waals surface area (Å²) in [5.74, 6) is 0. The Labute approximate surface area is 172 Å². The molecule has 1 N–H and O–H groups in total. The van der Waals surface area contributed by atoms with Crippen molar-refractivity contribution in [2.45, 2.75) is 115 Å². The molecular weight excluding hydrogens is 335 g/mol. The van der Waals surface area contributed by atoms with E-state index >= 15 is 0 Å². The number of rotatable bonds is 16. The second kappa shape index (κ2) is 17.3. The van der Waals surface area contributed by atoms with Crippen molar-refractivity contribution in [2.75, 3.05) is 0 Å². The molecular formula is C18H37NaO4S. The van der Waals surface area contributed by atoms with Gasteiger partial charge in [0.2, 0.25) is 0 Å². The van der Waals surface area contributed by atoms with Gasteiger partial charge in [0.25, 0.3) is 0 Å². The van der Waals surface area contributed by atoms with Crippen molar-refractivity contribution in [3.05, 3.63) is 0 Å². The van der Waals surface area contributed by atoms with Crippen LogP contribution in [0, 0.1) is 0 Å². The summed E-state index contributed by atoms with van der Waals surface area (Å²) in [5, 5.41) is 8.47. The van der Waals surface area contributed by atoms with Crippen LogP contribution in [0.15, 0.2) is 0 Å². The van der Waals surface area contributed by atoms with Gasteiger partial charge in [-0.3, -0.25) is 0 Å². The van der Waals surface area contributed by atoms with Crippen molar-refractivity contribution >= 4 is 10.1 Å². The number of hydrogen-bond acceptors (Lipinski definition) is 4. The van der Waals surface area contributed by atoms with Gasteiger partial charge in [-0.15, -0.1) is 0 Å². The number of unbranched alkanes of at least 4 members (excludes halogenated alkanes) is 9. The van der Waals surface area contributed by atoms with E-state index < -0.39 is 15.4 Å². The molecule has 0 rings (SSSR count). The molecule has 0 radical (unpaired) electrons. The zero-order chi connectivity index (χ0) is 17.6. The Morgan fingerprint density at radius 3 is 1.58 bits per heavy atom. The monoisotopic (exact) mass is 372 g/mol. The van der Waals surface area contributed by atoms with Crippen LogP contribution in [0.2, 0.25) is 0 Å². The summed E-state index contributed by atoms with van der Waals surface area (Å²) < 4.78 is 34.0. The average molecular weight is 373 g/mol. The van der Waals surface area contributed by atoms with E-state index in [0.29, 0.717) is 12.8 Å². The zero-order valence-corrected chi connectivity index (χ0v) is 19.0. The molecule has 2 atom stereocenters. The average Bonchev–Trinajstić information content (AvgIpc) is 2.46. The summed E-state index contributed by atoms with van der Waals surface area (Å²) in [6, 6.07) is 0. The van der Waals surface area contributed by atoms with E-state index in [1.54, 1.807) is 6.92 Å². The van der Waals surface area contributed by atoms with Crippen molar-refractivity contribution < 1.29 is 47.6 Å². The molecule has 0 aromatic rings. The van der Waals surface area contributed by atoms with Crippen molar-refractivity contribution in [1.29, 1.82) is 0 Å². The van der Waals surface area contributed by atoms with E-state index in [1.807, 2.05) is 0 Å². The van der Waals surface area contributed by atoms with Crippen molar-refractivity contribution in [3.63, 3.8) is 0 Å². The normalized spacial score (nSPS) is 14.2. The van der Waals surface area contributed by atoms with Gasteiger partial charge in [-0.2, -0.15) is 0 Å². The predicted octanol–water partition coefficient (Wildman–Crippen LogP) is 1.77. The summed E-state index contributed by atoms with van der Waals surface area (Å²) in [6.07, 6.45) is 13.3. The Morgan fingerprint density at radius 1 is 0.792 bits per heavy atom. The van der Waals surface area contributed by atoms with Crippen LogP contribution >= 0.6 is 0 Å². The first-order valence-corrected chi connectivity index (χ1v) is 11.0. The maximum absolute atomic E-state index is 11.3. The molecule has 0 aliphatic heterocycles. The molecule has 0 saturated carbocycles. The minimum atomic E-state index is -4.17. The molecule has 2 unspecified atom stereocenters. The Bertz CT molecular complexity index is 358. The number of aliphatic hydroxyl groups excluding tert-OH is 1. The first-order chi connectivity index (χ1) is 10.9. The first kappa shape index (κ1) is 27.1. The molecule has 0 aliphatic rings. The quantitative estimate of drug-likeness (QED) is 0.254. The molecule has 24 heavy (non-hydrogen) atoms. The van der Waals surface area contributed by atoms with Crippen LogP contribution in [-0.2, 0) is 10.1 Å². The van der Waals surface area contributed by atoms with E-state index in [1.165, 1.54) is 32.1 Å². The minimum absolute atomic E-state index is 0. The Kier molecular flexibility index (Phi) is 19.5. The van der Waals surface area contributed by atoms with Gasteiger partial charge >= 0.3 is 29.6 Å². The van der Waals surface area contributed by atoms with Crippen molar-refractivity contribution in [3.8, 4) is 0 Å². The van der Waals surface area contributed by atoms with E-state index in [-0.39, 0.29) is 35.7 Å². The summed E-state index contributed by atoms with van der Waals surface area (Å²) in [5.41, 5.74) is 0. The second-order valence-electron chi connectivity index (χ2n) is 6.87. The van der Waals surface area contributed by atoms with E-state index in [9.17, 15) is 18.1 Å². The van der Waals surface area contributed by atoms with E-state index in [0.717, 1.165) is 44.9 Å². The topological polar surface area (TPSA) is 77.4 Å². The molecule has 0 aromatic carbocycles. The third-order valence-corrected chi connectivity index (χ3v) is 5.72. The molecule has 0 amide bonds. The van der Waals surface area contributed by atoms with Crippen LogP contribution in [-0.4, -0.2) is 29.4 Å². The van der Waals surface area contributed by atoms with E-state index in [4.69, 9.17) is 0 Å². The van der Waals surface area contributed by atoms with Crippen LogP contribution < -0.4 is 29.6 Å². The molecule has 140 valence electrons. The second-order valence-corrected chi connectivity index (χ2v) is 8.52. The third kappa shape index (κ3) is 17.7.